The molecule has 8 heteroatoms. The van der Waals surface area contributed by atoms with Crippen LogP contribution in [0.15, 0.2) is 113 Å². The lowest BCUT2D eigenvalue weighted by molar-refractivity contribution is 0.343. The summed E-state index contributed by atoms with van der Waals surface area (Å²) in [5.74, 6) is 1.95. The van der Waals surface area contributed by atoms with Crippen molar-refractivity contribution in [1.29, 1.82) is 0 Å². The minimum absolute atomic E-state index is 0.236. The van der Waals surface area contributed by atoms with Crippen molar-refractivity contribution in [2.24, 2.45) is 0 Å². The van der Waals surface area contributed by atoms with Crippen LogP contribution in [-0.2, 0) is 23.0 Å². The van der Waals surface area contributed by atoms with E-state index < -0.39 is 10.0 Å². The molecule has 5 aromatic rings. The van der Waals surface area contributed by atoms with Gasteiger partial charge in [-0.3, -0.25) is 0 Å². The van der Waals surface area contributed by atoms with Gasteiger partial charge < -0.3 is 13.7 Å². The molecule has 180 valence electrons. The number of furan rings is 1. The fourth-order valence-electron chi connectivity index (χ4n) is 4.34. The summed E-state index contributed by atoms with van der Waals surface area (Å²) in [4.78, 5) is 4.32. The molecule has 0 fully saturated rings. The summed E-state index contributed by atoms with van der Waals surface area (Å²) < 4.78 is 41.0. The largest absolute Gasteiger partial charge is 0.468 e. The molecule has 0 saturated carbocycles. The summed E-state index contributed by atoms with van der Waals surface area (Å²) >= 11 is 0. The van der Waals surface area contributed by atoms with E-state index >= 15 is 0 Å². The number of hydrogen-bond acceptors (Lipinski definition) is 5. The zero-order valence-electron chi connectivity index (χ0n) is 19.3. The minimum Gasteiger partial charge on any atom is -0.468 e. The lowest BCUT2D eigenvalue weighted by atomic mass is 10.1. The van der Waals surface area contributed by atoms with Gasteiger partial charge in [0.2, 0.25) is 10.0 Å². The highest BCUT2D eigenvalue weighted by Crippen LogP contribution is 2.29. The fraction of sp³-hybridized carbons (Fsp3) is 0.107. The highest BCUT2D eigenvalue weighted by molar-refractivity contribution is 7.89. The Morgan fingerprint density at radius 2 is 1.50 bits per heavy atom. The number of fused-ring (bicyclic) bond motifs is 1. The van der Waals surface area contributed by atoms with Crippen LogP contribution in [0, 0.1) is 0 Å². The number of imidazole rings is 1. The Balaban J connectivity index is 1.12. The van der Waals surface area contributed by atoms with Crippen LogP contribution in [0.2, 0.25) is 0 Å². The van der Waals surface area contributed by atoms with E-state index in [0.717, 1.165) is 22.4 Å². The third kappa shape index (κ3) is 4.32. The first-order valence-corrected chi connectivity index (χ1v) is 13.0. The summed E-state index contributed by atoms with van der Waals surface area (Å²) in [7, 11) is -3.61. The molecule has 0 spiro atoms. The van der Waals surface area contributed by atoms with Crippen molar-refractivity contribution in [3.63, 3.8) is 0 Å². The van der Waals surface area contributed by atoms with Gasteiger partial charge in [-0.25, -0.2) is 13.4 Å². The van der Waals surface area contributed by atoms with Crippen LogP contribution in [0.5, 0.6) is 11.5 Å². The van der Waals surface area contributed by atoms with Crippen molar-refractivity contribution in [3.8, 4) is 28.3 Å². The number of aromatic nitrogens is 2. The highest BCUT2D eigenvalue weighted by Gasteiger charge is 2.29. The standard InChI is InChI=1S/C28H23N3O4S/c32-36(33,31-16-13-23-14-18-34-28(23)19-31)27-11-9-26(10-12-27)35-25-7-3-22(4-8-25)21-1-5-24(6-2-21)30-17-15-29-20-30/h1-12,14-15,17-18,20H,13,16,19H2. The van der Waals surface area contributed by atoms with Gasteiger partial charge in [0.25, 0.3) is 0 Å². The second kappa shape index (κ2) is 9.14. The molecule has 6 rings (SSSR count). The van der Waals surface area contributed by atoms with Crippen LogP contribution in [0.25, 0.3) is 16.8 Å². The number of sulfonamides is 1. The predicted octanol–water partition coefficient (Wildman–Crippen LogP) is 5.67. The van der Waals surface area contributed by atoms with Crippen molar-refractivity contribution in [1.82, 2.24) is 13.9 Å². The van der Waals surface area contributed by atoms with Gasteiger partial charge in [-0.15, -0.1) is 0 Å². The van der Waals surface area contributed by atoms with Crippen LogP contribution < -0.4 is 4.74 Å². The summed E-state index contributed by atoms with van der Waals surface area (Å²) in [6.45, 7) is 0.688. The lowest BCUT2D eigenvalue weighted by Crippen LogP contribution is -2.35. The molecular formula is C28H23N3O4S. The van der Waals surface area contributed by atoms with Gasteiger partial charge in [-0.1, -0.05) is 24.3 Å². The molecule has 0 aliphatic carbocycles. The Morgan fingerprint density at radius 3 is 2.17 bits per heavy atom. The summed E-state index contributed by atoms with van der Waals surface area (Å²) in [6.07, 6.45) is 7.69. The lowest BCUT2D eigenvalue weighted by Gasteiger charge is -2.25. The number of benzene rings is 3. The zero-order valence-corrected chi connectivity index (χ0v) is 20.1. The molecule has 3 heterocycles. The zero-order chi connectivity index (χ0) is 24.5. The topological polar surface area (TPSA) is 77.6 Å². The van der Waals surface area contributed by atoms with Crippen LogP contribution in [0.1, 0.15) is 11.3 Å². The number of rotatable bonds is 6. The molecule has 0 amide bonds. The smallest absolute Gasteiger partial charge is 0.243 e. The van der Waals surface area contributed by atoms with E-state index in [1.807, 2.05) is 41.1 Å². The van der Waals surface area contributed by atoms with Crippen molar-refractivity contribution < 1.29 is 17.6 Å². The summed E-state index contributed by atoms with van der Waals surface area (Å²) in [5.41, 5.74) is 4.29. The number of hydrogen-bond donors (Lipinski definition) is 0. The van der Waals surface area contributed by atoms with Gasteiger partial charge in [-0.05, 0) is 77.7 Å². The monoisotopic (exact) mass is 497 g/mol. The second-order valence-corrected chi connectivity index (χ2v) is 10.5. The second-order valence-electron chi connectivity index (χ2n) is 8.57. The molecule has 3 aromatic carbocycles. The highest BCUT2D eigenvalue weighted by atomic mass is 32.2. The van der Waals surface area contributed by atoms with Gasteiger partial charge in [0, 0.05) is 24.6 Å². The molecule has 0 radical (unpaired) electrons. The predicted molar refractivity (Wildman–Crippen MR) is 136 cm³/mol. The number of ether oxygens (including phenoxy) is 1. The average molecular weight is 498 g/mol. The van der Waals surface area contributed by atoms with Gasteiger partial charge >= 0.3 is 0 Å². The van der Waals surface area contributed by atoms with E-state index in [1.165, 1.54) is 4.31 Å². The van der Waals surface area contributed by atoms with Gasteiger partial charge in [0.05, 0.1) is 24.0 Å². The maximum Gasteiger partial charge on any atom is 0.243 e. The minimum atomic E-state index is -3.61. The van der Waals surface area contributed by atoms with E-state index in [2.05, 4.69) is 29.2 Å². The van der Waals surface area contributed by atoms with E-state index in [9.17, 15) is 8.42 Å². The molecule has 7 nitrogen and oxygen atoms in total. The maximum absolute atomic E-state index is 13.1. The summed E-state index contributed by atoms with van der Waals surface area (Å²) in [6, 6.07) is 24.5. The molecular weight excluding hydrogens is 474 g/mol. The third-order valence-electron chi connectivity index (χ3n) is 6.34. The third-order valence-corrected chi connectivity index (χ3v) is 8.20. The molecule has 0 atom stereocenters. The van der Waals surface area contributed by atoms with E-state index in [4.69, 9.17) is 9.15 Å². The van der Waals surface area contributed by atoms with E-state index in [1.54, 1.807) is 43.1 Å². The summed E-state index contributed by atoms with van der Waals surface area (Å²) in [5, 5.41) is 0. The Labute approximate surface area is 209 Å². The Morgan fingerprint density at radius 1 is 0.833 bits per heavy atom. The first-order chi connectivity index (χ1) is 17.6. The Hall–Kier alpha value is -4.14. The molecule has 2 aromatic heterocycles. The molecule has 0 saturated heterocycles. The van der Waals surface area contributed by atoms with Gasteiger partial charge in [0.1, 0.15) is 17.3 Å². The van der Waals surface area contributed by atoms with Crippen LogP contribution in [0.4, 0.5) is 0 Å². The average Bonchev–Trinajstić information content (AvgIpc) is 3.62. The first-order valence-electron chi connectivity index (χ1n) is 11.6. The quantitative estimate of drug-likeness (QED) is 0.302. The maximum atomic E-state index is 13.1. The fourth-order valence-corrected chi connectivity index (χ4v) is 5.73. The van der Waals surface area contributed by atoms with Crippen LogP contribution in [0.3, 0.4) is 0 Å². The molecule has 0 N–H and O–H groups in total. The van der Waals surface area contributed by atoms with Crippen LogP contribution >= 0.6 is 0 Å². The molecule has 0 unspecified atom stereocenters. The van der Waals surface area contributed by atoms with Crippen molar-refractivity contribution in [2.45, 2.75) is 17.9 Å². The van der Waals surface area contributed by atoms with Crippen molar-refractivity contribution in [2.75, 3.05) is 6.54 Å². The molecule has 1 aliphatic heterocycles. The normalized spacial score (nSPS) is 13.9. The van der Waals surface area contributed by atoms with E-state index in [0.29, 0.717) is 30.2 Å². The molecule has 36 heavy (non-hydrogen) atoms. The first kappa shape index (κ1) is 22.3. The SMILES string of the molecule is O=S(=O)(c1ccc(Oc2ccc(-c3ccc(-n4ccnc4)cc3)cc2)cc1)N1CCc2ccoc2C1. The van der Waals surface area contributed by atoms with E-state index in [-0.39, 0.29) is 11.4 Å². The van der Waals surface area contributed by atoms with Crippen molar-refractivity contribution >= 4 is 10.0 Å². The Bertz CT molecular complexity index is 1570. The number of nitrogens with zero attached hydrogens (tertiary/aromatic N) is 3. The van der Waals surface area contributed by atoms with Gasteiger partial charge in [0.15, 0.2) is 0 Å². The van der Waals surface area contributed by atoms with Crippen LogP contribution in [-0.4, -0.2) is 28.8 Å². The van der Waals surface area contributed by atoms with Crippen molar-refractivity contribution in [3.05, 3.63) is 115 Å². The molecule has 0 bridgehead atoms. The Kier molecular flexibility index (Phi) is 5.67. The molecule has 1 aliphatic rings. The van der Waals surface area contributed by atoms with Gasteiger partial charge in [-0.2, -0.15) is 4.31 Å².